The number of aryl methyl sites for hydroxylation is 1. The Bertz CT molecular complexity index is 872. The molecule has 1 amide bonds. The Morgan fingerprint density at radius 3 is 2.57 bits per heavy atom. The van der Waals surface area contributed by atoms with Gasteiger partial charge in [0.2, 0.25) is 0 Å². The van der Waals surface area contributed by atoms with Crippen LogP contribution in [0.1, 0.15) is 40.4 Å². The van der Waals surface area contributed by atoms with Crippen LogP contribution < -0.4 is 20.7 Å². The molecule has 6 nitrogen and oxygen atoms in total. The van der Waals surface area contributed by atoms with Crippen molar-refractivity contribution in [3.05, 3.63) is 64.7 Å². The third kappa shape index (κ3) is 7.35. The van der Waals surface area contributed by atoms with Gasteiger partial charge in [-0.2, -0.15) is 8.78 Å². The van der Waals surface area contributed by atoms with Gasteiger partial charge in [0.1, 0.15) is 5.75 Å². The minimum absolute atomic E-state index is 0.104. The predicted octanol–water partition coefficient (Wildman–Crippen LogP) is 3.60. The zero-order chi connectivity index (χ0) is 21.9. The van der Waals surface area contributed by atoms with Crippen LogP contribution in [0, 0.1) is 6.92 Å². The van der Waals surface area contributed by atoms with Crippen LogP contribution in [0.5, 0.6) is 5.75 Å². The van der Waals surface area contributed by atoms with Crippen LogP contribution >= 0.6 is 0 Å². The SMILES string of the molecule is CCCNC(=O)c1cccc(CNC(=NC)NCc2cc(C)ccc2OC(F)F)c1. The van der Waals surface area contributed by atoms with Crippen molar-refractivity contribution in [1.82, 2.24) is 16.0 Å². The van der Waals surface area contributed by atoms with Crippen molar-refractivity contribution in [2.45, 2.75) is 40.0 Å². The van der Waals surface area contributed by atoms with Gasteiger partial charge in [-0.15, -0.1) is 0 Å². The Kier molecular flexibility index (Phi) is 9.05. The van der Waals surface area contributed by atoms with Crippen LogP contribution in [0.2, 0.25) is 0 Å². The third-order valence-corrected chi connectivity index (χ3v) is 4.29. The van der Waals surface area contributed by atoms with Gasteiger partial charge in [0.15, 0.2) is 5.96 Å². The van der Waals surface area contributed by atoms with Crippen LogP contribution in [-0.2, 0) is 13.1 Å². The molecule has 2 rings (SSSR count). The number of amides is 1. The lowest BCUT2D eigenvalue weighted by Gasteiger charge is -2.15. The molecule has 30 heavy (non-hydrogen) atoms. The van der Waals surface area contributed by atoms with E-state index in [1.807, 2.05) is 32.0 Å². The Labute approximate surface area is 175 Å². The standard InChI is InChI=1S/C22H28F2N4O2/c1-4-10-26-20(29)17-7-5-6-16(12-17)13-27-22(25-3)28-14-18-11-15(2)8-9-19(18)30-21(23)24/h5-9,11-12,21H,4,10,13-14H2,1-3H3,(H,26,29)(H2,25,27,28). The Morgan fingerprint density at radius 2 is 1.87 bits per heavy atom. The molecule has 0 bridgehead atoms. The summed E-state index contributed by atoms with van der Waals surface area (Å²) in [6.45, 7) is 2.34. The minimum atomic E-state index is -2.88. The Balaban J connectivity index is 1.96. The molecule has 0 spiro atoms. The molecule has 2 aromatic carbocycles. The third-order valence-electron chi connectivity index (χ3n) is 4.29. The highest BCUT2D eigenvalue weighted by atomic mass is 19.3. The second-order valence-corrected chi connectivity index (χ2v) is 6.73. The number of nitrogens with one attached hydrogen (secondary N) is 3. The van der Waals surface area contributed by atoms with Gasteiger partial charge in [0, 0.05) is 37.8 Å². The fourth-order valence-electron chi connectivity index (χ4n) is 2.81. The molecule has 0 fully saturated rings. The van der Waals surface area contributed by atoms with Crippen molar-refractivity contribution >= 4 is 11.9 Å². The minimum Gasteiger partial charge on any atom is -0.434 e. The van der Waals surface area contributed by atoms with E-state index in [1.165, 1.54) is 6.07 Å². The van der Waals surface area contributed by atoms with Crippen molar-refractivity contribution in [3.8, 4) is 5.75 Å². The summed E-state index contributed by atoms with van der Waals surface area (Å²) in [4.78, 5) is 16.3. The van der Waals surface area contributed by atoms with E-state index >= 15 is 0 Å². The number of guanidine groups is 1. The molecule has 0 atom stereocenters. The lowest BCUT2D eigenvalue weighted by Crippen LogP contribution is -2.36. The van der Waals surface area contributed by atoms with Gasteiger partial charge in [0.05, 0.1) is 0 Å². The van der Waals surface area contributed by atoms with Crippen LogP contribution in [0.3, 0.4) is 0 Å². The Morgan fingerprint density at radius 1 is 1.10 bits per heavy atom. The van der Waals surface area contributed by atoms with Crippen LogP contribution in [0.25, 0.3) is 0 Å². The van der Waals surface area contributed by atoms with E-state index in [1.54, 1.807) is 25.2 Å². The predicted molar refractivity (Wildman–Crippen MR) is 114 cm³/mol. The molecular formula is C22H28F2N4O2. The first-order valence-electron chi connectivity index (χ1n) is 9.79. The molecule has 0 saturated heterocycles. The fraction of sp³-hybridized carbons (Fsp3) is 0.364. The molecule has 0 aliphatic carbocycles. The van der Waals surface area contributed by atoms with Crippen molar-refractivity contribution in [2.24, 2.45) is 4.99 Å². The van der Waals surface area contributed by atoms with E-state index in [0.29, 0.717) is 30.2 Å². The molecule has 3 N–H and O–H groups in total. The van der Waals surface area contributed by atoms with E-state index in [4.69, 9.17) is 0 Å². The molecule has 162 valence electrons. The van der Waals surface area contributed by atoms with Crippen molar-refractivity contribution in [3.63, 3.8) is 0 Å². The molecule has 0 aromatic heterocycles. The largest absolute Gasteiger partial charge is 0.434 e. The molecule has 0 aliphatic heterocycles. The summed E-state index contributed by atoms with van der Waals surface area (Å²) >= 11 is 0. The molecule has 0 aliphatic rings. The monoisotopic (exact) mass is 418 g/mol. The van der Waals surface area contributed by atoms with Crippen LogP contribution in [-0.4, -0.2) is 32.1 Å². The zero-order valence-corrected chi connectivity index (χ0v) is 17.5. The summed E-state index contributed by atoms with van der Waals surface area (Å²) in [6.07, 6.45) is 0.875. The maximum Gasteiger partial charge on any atom is 0.387 e. The number of halogens is 2. The number of hydrogen-bond donors (Lipinski definition) is 3. The van der Waals surface area contributed by atoms with E-state index in [2.05, 4.69) is 25.7 Å². The maximum atomic E-state index is 12.6. The molecule has 0 saturated carbocycles. The molecule has 0 heterocycles. The Hall–Kier alpha value is -3.16. The number of alkyl halides is 2. The van der Waals surface area contributed by atoms with Crippen LogP contribution in [0.15, 0.2) is 47.5 Å². The highest BCUT2D eigenvalue weighted by Gasteiger charge is 2.11. The lowest BCUT2D eigenvalue weighted by molar-refractivity contribution is -0.0504. The highest BCUT2D eigenvalue weighted by Crippen LogP contribution is 2.22. The average molecular weight is 418 g/mol. The van der Waals surface area contributed by atoms with Gasteiger partial charge in [-0.05, 0) is 37.1 Å². The second-order valence-electron chi connectivity index (χ2n) is 6.73. The molecule has 8 heteroatoms. The number of rotatable bonds is 9. The summed E-state index contributed by atoms with van der Waals surface area (Å²) in [5.74, 6) is 0.525. The number of hydrogen-bond acceptors (Lipinski definition) is 3. The normalized spacial score (nSPS) is 11.3. The van der Waals surface area contributed by atoms with Gasteiger partial charge in [-0.25, -0.2) is 0 Å². The number of aliphatic imine (C=N–C) groups is 1. The van der Waals surface area contributed by atoms with Gasteiger partial charge in [-0.1, -0.05) is 36.8 Å². The maximum absolute atomic E-state index is 12.6. The molecule has 0 unspecified atom stereocenters. The quantitative estimate of drug-likeness (QED) is 0.430. The van der Waals surface area contributed by atoms with Crippen LogP contribution in [0.4, 0.5) is 8.78 Å². The first kappa shape index (κ1) is 23.1. The number of carbonyl (C=O) groups is 1. The van der Waals surface area contributed by atoms with Gasteiger partial charge in [-0.3, -0.25) is 9.79 Å². The first-order chi connectivity index (χ1) is 14.4. The van der Waals surface area contributed by atoms with E-state index in [0.717, 1.165) is 17.5 Å². The van der Waals surface area contributed by atoms with E-state index in [-0.39, 0.29) is 18.2 Å². The van der Waals surface area contributed by atoms with Gasteiger partial charge in [0.25, 0.3) is 5.91 Å². The van der Waals surface area contributed by atoms with Crippen molar-refractivity contribution in [1.29, 1.82) is 0 Å². The van der Waals surface area contributed by atoms with Crippen molar-refractivity contribution in [2.75, 3.05) is 13.6 Å². The van der Waals surface area contributed by atoms with E-state index in [9.17, 15) is 13.6 Å². The fourth-order valence-corrected chi connectivity index (χ4v) is 2.81. The first-order valence-corrected chi connectivity index (χ1v) is 9.79. The molecular weight excluding hydrogens is 390 g/mol. The smallest absolute Gasteiger partial charge is 0.387 e. The number of nitrogens with zero attached hydrogens (tertiary/aromatic N) is 1. The zero-order valence-electron chi connectivity index (χ0n) is 17.5. The van der Waals surface area contributed by atoms with E-state index < -0.39 is 6.61 Å². The summed E-state index contributed by atoms with van der Waals surface area (Å²) in [5, 5.41) is 9.11. The highest BCUT2D eigenvalue weighted by molar-refractivity contribution is 5.94. The summed E-state index contributed by atoms with van der Waals surface area (Å²) in [6, 6.07) is 12.4. The summed E-state index contributed by atoms with van der Waals surface area (Å²) in [7, 11) is 1.62. The summed E-state index contributed by atoms with van der Waals surface area (Å²) in [5.41, 5.74) is 3.06. The number of carbonyl (C=O) groups excluding carboxylic acids is 1. The molecule has 0 radical (unpaired) electrons. The number of ether oxygens (including phenoxy) is 1. The van der Waals surface area contributed by atoms with Gasteiger partial charge < -0.3 is 20.7 Å². The topological polar surface area (TPSA) is 74.8 Å². The number of benzene rings is 2. The van der Waals surface area contributed by atoms with Gasteiger partial charge >= 0.3 is 6.61 Å². The average Bonchev–Trinajstić information content (AvgIpc) is 2.73. The summed E-state index contributed by atoms with van der Waals surface area (Å²) < 4.78 is 29.8. The second kappa shape index (κ2) is 11.7. The lowest BCUT2D eigenvalue weighted by atomic mass is 10.1. The van der Waals surface area contributed by atoms with Crippen molar-refractivity contribution < 1.29 is 18.3 Å². The molecule has 2 aromatic rings.